The molecule has 1 N–H and O–H groups in total. The Morgan fingerprint density at radius 3 is 2.95 bits per heavy atom. The minimum Gasteiger partial charge on any atom is -0.345 e. The van der Waals surface area contributed by atoms with Crippen LogP contribution in [0.5, 0.6) is 0 Å². The van der Waals surface area contributed by atoms with Gasteiger partial charge in [-0.2, -0.15) is 0 Å². The SMILES string of the molecule is CN(CCc1ccncc1)C(=O)CCC1CCCNC1. The number of piperidine rings is 1. The Balaban J connectivity index is 1.66. The monoisotopic (exact) mass is 275 g/mol. The standard InChI is InChI=1S/C16H25N3O/c1-19(12-8-14-6-10-17-11-7-14)16(20)5-4-15-3-2-9-18-13-15/h6-7,10-11,15,18H,2-5,8-9,12-13H2,1H3. The van der Waals surface area contributed by atoms with Crippen LogP contribution in [0, 0.1) is 5.92 Å². The first kappa shape index (κ1) is 15.0. The molecule has 1 aromatic rings. The van der Waals surface area contributed by atoms with Gasteiger partial charge in [0.1, 0.15) is 0 Å². The Morgan fingerprint density at radius 2 is 2.25 bits per heavy atom. The van der Waals surface area contributed by atoms with Gasteiger partial charge in [-0.25, -0.2) is 0 Å². The highest BCUT2D eigenvalue weighted by Gasteiger charge is 2.16. The van der Waals surface area contributed by atoms with Gasteiger partial charge in [-0.05, 0) is 62.4 Å². The number of amides is 1. The molecule has 1 atom stereocenters. The van der Waals surface area contributed by atoms with E-state index in [2.05, 4.69) is 10.3 Å². The molecule has 4 nitrogen and oxygen atoms in total. The number of nitrogens with one attached hydrogen (secondary N) is 1. The van der Waals surface area contributed by atoms with Gasteiger partial charge >= 0.3 is 0 Å². The van der Waals surface area contributed by atoms with E-state index in [1.807, 2.05) is 24.1 Å². The third kappa shape index (κ3) is 4.93. The summed E-state index contributed by atoms with van der Waals surface area (Å²) >= 11 is 0. The van der Waals surface area contributed by atoms with Crippen molar-refractivity contribution in [2.45, 2.75) is 32.1 Å². The van der Waals surface area contributed by atoms with Gasteiger partial charge in [0.25, 0.3) is 0 Å². The molecule has 1 aliphatic rings. The molecule has 2 rings (SSSR count). The number of carbonyl (C=O) groups excluding carboxylic acids is 1. The molecule has 4 heteroatoms. The topological polar surface area (TPSA) is 45.2 Å². The Bertz CT molecular complexity index is 401. The van der Waals surface area contributed by atoms with Crippen LogP contribution in [-0.2, 0) is 11.2 Å². The van der Waals surface area contributed by atoms with E-state index in [0.29, 0.717) is 12.3 Å². The quantitative estimate of drug-likeness (QED) is 0.862. The van der Waals surface area contributed by atoms with Gasteiger partial charge in [0, 0.05) is 32.4 Å². The molecule has 0 saturated carbocycles. The van der Waals surface area contributed by atoms with Gasteiger partial charge in [0.05, 0.1) is 0 Å². The van der Waals surface area contributed by atoms with Crippen LogP contribution in [0.25, 0.3) is 0 Å². The molecule has 1 fully saturated rings. The molecule has 0 bridgehead atoms. The summed E-state index contributed by atoms with van der Waals surface area (Å²) in [6, 6.07) is 4.01. The van der Waals surface area contributed by atoms with Crippen LogP contribution in [-0.4, -0.2) is 42.5 Å². The van der Waals surface area contributed by atoms with Crippen LogP contribution < -0.4 is 5.32 Å². The second-order valence-corrected chi connectivity index (χ2v) is 5.67. The van der Waals surface area contributed by atoms with Gasteiger partial charge in [0.15, 0.2) is 0 Å². The van der Waals surface area contributed by atoms with Crippen LogP contribution in [0.1, 0.15) is 31.2 Å². The maximum Gasteiger partial charge on any atom is 0.222 e. The lowest BCUT2D eigenvalue weighted by Gasteiger charge is -2.23. The summed E-state index contributed by atoms with van der Waals surface area (Å²) in [6.45, 7) is 3.00. The van der Waals surface area contributed by atoms with E-state index < -0.39 is 0 Å². The third-order valence-electron chi connectivity index (χ3n) is 4.08. The molecule has 1 amide bonds. The summed E-state index contributed by atoms with van der Waals surface area (Å²) in [5, 5.41) is 3.40. The molecule has 1 aromatic heterocycles. The average molecular weight is 275 g/mol. The van der Waals surface area contributed by atoms with E-state index in [1.54, 1.807) is 12.4 Å². The number of hydrogen-bond donors (Lipinski definition) is 1. The predicted octanol–water partition coefficient (Wildman–Crippen LogP) is 1.86. The Hall–Kier alpha value is -1.42. The third-order valence-corrected chi connectivity index (χ3v) is 4.08. The molecule has 0 radical (unpaired) electrons. The fraction of sp³-hybridized carbons (Fsp3) is 0.625. The molecule has 2 heterocycles. The minimum atomic E-state index is 0.268. The Labute approximate surface area is 121 Å². The number of rotatable bonds is 6. The zero-order chi connectivity index (χ0) is 14.2. The van der Waals surface area contributed by atoms with Gasteiger partial charge < -0.3 is 10.2 Å². The van der Waals surface area contributed by atoms with Crippen molar-refractivity contribution in [2.75, 3.05) is 26.7 Å². The normalized spacial score (nSPS) is 18.8. The second-order valence-electron chi connectivity index (χ2n) is 5.67. The van der Waals surface area contributed by atoms with Crippen molar-refractivity contribution >= 4 is 5.91 Å². The van der Waals surface area contributed by atoms with Crippen LogP contribution in [0.3, 0.4) is 0 Å². The lowest BCUT2D eigenvalue weighted by Crippen LogP contribution is -2.32. The first-order chi connectivity index (χ1) is 9.75. The molecule has 110 valence electrons. The summed E-state index contributed by atoms with van der Waals surface area (Å²) in [5.41, 5.74) is 1.23. The summed E-state index contributed by atoms with van der Waals surface area (Å²) in [6.07, 6.45) is 8.71. The van der Waals surface area contributed by atoms with Crippen molar-refractivity contribution in [3.8, 4) is 0 Å². The zero-order valence-electron chi connectivity index (χ0n) is 12.3. The van der Waals surface area contributed by atoms with Gasteiger partial charge in [-0.1, -0.05) is 0 Å². The Morgan fingerprint density at radius 1 is 1.45 bits per heavy atom. The first-order valence-electron chi connectivity index (χ1n) is 7.59. The first-order valence-corrected chi connectivity index (χ1v) is 7.59. The van der Waals surface area contributed by atoms with Crippen molar-refractivity contribution in [2.24, 2.45) is 5.92 Å². The van der Waals surface area contributed by atoms with Gasteiger partial charge in [-0.15, -0.1) is 0 Å². The van der Waals surface area contributed by atoms with Crippen LogP contribution in [0.15, 0.2) is 24.5 Å². The summed E-state index contributed by atoms with van der Waals surface area (Å²) in [5.74, 6) is 0.950. The summed E-state index contributed by atoms with van der Waals surface area (Å²) < 4.78 is 0. The van der Waals surface area contributed by atoms with E-state index in [0.717, 1.165) is 32.5 Å². The van der Waals surface area contributed by atoms with Gasteiger partial charge in [0.2, 0.25) is 5.91 Å². The Kier molecular flexibility index (Phi) is 5.99. The molecule has 0 aromatic carbocycles. The molecular weight excluding hydrogens is 250 g/mol. The maximum atomic E-state index is 12.1. The molecule has 0 spiro atoms. The number of nitrogens with zero attached hydrogens (tertiary/aromatic N) is 2. The lowest BCUT2D eigenvalue weighted by molar-refractivity contribution is -0.130. The van der Waals surface area contributed by atoms with Gasteiger partial charge in [-0.3, -0.25) is 9.78 Å². The van der Waals surface area contributed by atoms with E-state index in [9.17, 15) is 4.79 Å². The lowest BCUT2D eigenvalue weighted by atomic mass is 9.94. The molecule has 1 aliphatic heterocycles. The molecule has 0 aliphatic carbocycles. The summed E-state index contributed by atoms with van der Waals surface area (Å²) in [7, 11) is 1.91. The molecule has 1 saturated heterocycles. The number of pyridine rings is 1. The van der Waals surface area contributed by atoms with E-state index in [-0.39, 0.29) is 5.91 Å². The highest BCUT2D eigenvalue weighted by Crippen LogP contribution is 2.16. The van der Waals surface area contributed by atoms with E-state index in [1.165, 1.54) is 18.4 Å². The molecular formula is C16H25N3O. The van der Waals surface area contributed by atoms with Crippen molar-refractivity contribution < 1.29 is 4.79 Å². The number of aromatic nitrogens is 1. The van der Waals surface area contributed by atoms with Crippen molar-refractivity contribution in [3.05, 3.63) is 30.1 Å². The highest BCUT2D eigenvalue weighted by molar-refractivity contribution is 5.75. The van der Waals surface area contributed by atoms with Crippen LogP contribution >= 0.6 is 0 Å². The minimum absolute atomic E-state index is 0.268. The van der Waals surface area contributed by atoms with E-state index >= 15 is 0 Å². The number of hydrogen-bond acceptors (Lipinski definition) is 3. The smallest absolute Gasteiger partial charge is 0.222 e. The molecule has 20 heavy (non-hydrogen) atoms. The average Bonchev–Trinajstić information content (AvgIpc) is 2.52. The zero-order valence-corrected chi connectivity index (χ0v) is 12.3. The largest absolute Gasteiger partial charge is 0.345 e. The molecule has 1 unspecified atom stereocenters. The predicted molar refractivity (Wildman–Crippen MR) is 80.4 cm³/mol. The number of likely N-dealkylation sites (N-methyl/N-ethyl adjacent to an activating group) is 1. The van der Waals surface area contributed by atoms with E-state index in [4.69, 9.17) is 0 Å². The van der Waals surface area contributed by atoms with Crippen LogP contribution in [0.4, 0.5) is 0 Å². The highest BCUT2D eigenvalue weighted by atomic mass is 16.2. The second kappa shape index (κ2) is 8.00. The fourth-order valence-corrected chi connectivity index (χ4v) is 2.66. The van der Waals surface area contributed by atoms with Crippen molar-refractivity contribution in [3.63, 3.8) is 0 Å². The number of carbonyl (C=O) groups is 1. The summed E-state index contributed by atoms with van der Waals surface area (Å²) in [4.78, 5) is 18.0. The fourth-order valence-electron chi connectivity index (χ4n) is 2.66. The van der Waals surface area contributed by atoms with Crippen molar-refractivity contribution in [1.82, 2.24) is 15.2 Å². The van der Waals surface area contributed by atoms with Crippen molar-refractivity contribution in [1.29, 1.82) is 0 Å². The van der Waals surface area contributed by atoms with Crippen LogP contribution in [0.2, 0.25) is 0 Å². The maximum absolute atomic E-state index is 12.1.